The van der Waals surface area contributed by atoms with Gasteiger partial charge in [0, 0.05) is 12.2 Å². The lowest BCUT2D eigenvalue weighted by Crippen LogP contribution is -2.30. The lowest BCUT2D eigenvalue weighted by Gasteiger charge is -2.09. The molecule has 0 saturated heterocycles. The quantitative estimate of drug-likeness (QED) is 0.624. The number of esters is 2. The van der Waals surface area contributed by atoms with Crippen LogP contribution in [0.5, 0.6) is 5.75 Å². The summed E-state index contributed by atoms with van der Waals surface area (Å²) in [6.07, 6.45) is 0.585. The number of carbonyl (C=O) groups is 3. The fourth-order valence-corrected chi connectivity index (χ4v) is 2.96. The Hall–Kier alpha value is -3.29. The molecule has 2 aromatic rings. The van der Waals surface area contributed by atoms with Crippen molar-refractivity contribution in [3.05, 3.63) is 52.3 Å². The van der Waals surface area contributed by atoms with Crippen LogP contribution in [-0.4, -0.2) is 49.7 Å². The molecule has 0 aliphatic heterocycles. The molecule has 0 saturated carbocycles. The zero-order valence-corrected chi connectivity index (χ0v) is 17.1. The molecule has 0 spiro atoms. The highest BCUT2D eigenvalue weighted by atomic mass is 16.5. The van der Waals surface area contributed by atoms with Crippen molar-refractivity contribution < 1.29 is 28.6 Å². The summed E-state index contributed by atoms with van der Waals surface area (Å²) in [6.45, 7) is 5.19. The predicted octanol–water partition coefficient (Wildman–Crippen LogP) is 2.33. The van der Waals surface area contributed by atoms with Crippen LogP contribution in [0.2, 0.25) is 0 Å². The lowest BCUT2D eigenvalue weighted by molar-refractivity contribution is -0.124. The number of methoxy groups -OCH3 is 1. The van der Waals surface area contributed by atoms with Gasteiger partial charge in [-0.15, -0.1) is 0 Å². The molecule has 0 radical (unpaired) electrons. The van der Waals surface area contributed by atoms with Crippen LogP contribution in [0.3, 0.4) is 0 Å². The van der Waals surface area contributed by atoms with Crippen LogP contribution in [-0.2, 0) is 20.7 Å². The summed E-state index contributed by atoms with van der Waals surface area (Å²) >= 11 is 0. The number of nitrogens with one attached hydrogen (secondary N) is 2. The summed E-state index contributed by atoms with van der Waals surface area (Å²) in [5.41, 5.74) is 2.35. The van der Waals surface area contributed by atoms with Crippen LogP contribution in [0.1, 0.15) is 44.6 Å². The van der Waals surface area contributed by atoms with Gasteiger partial charge in [-0.05, 0) is 44.4 Å². The number of carbonyl (C=O) groups excluding carboxylic acids is 3. The van der Waals surface area contributed by atoms with Gasteiger partial charge in [0.15, 0.2) is 6.61 Å². The molecule has 0 bridgehead atoms. The van der Waals surface area contributed by atoms with Crippen molar-refractivity contribution in [2.75, 3.05) is 26.9 Å². The first-order valence-electron chi connectivity index (χ1n) is 9.31. The molecule has 0 fully saturated rings. The van der Waals surface area contributed by atoms with E-state index in [0.29, 0.717) is 29.8 Å². The maximum Gasteiger partial charge on any atom is 0.355 e. The Bertz CT molecular complexity index is 887. The van der Waals surface area contributed by atoms with E-state index in [0.717, 1.165) is 11.3 Å². The molecule has 0 aliphatic rings. The van der Waals surface area contributed by atoms with Crippen molar-refractivity contribution in [3.63, 3.8) is 0 Å². The van der Waals surface area contributed by atoms with Crippen molar-refractivity contribution in [3.8, 4) is 5.75 Å². The second kappa shape index (κ2) is 10.3. The van der Waals surface area contributed by atoms with Crippen molar-refractivity contribution in [1.29, 1.82) is 0 Å². The number of hydrogen-bond acceptors (Lipinski definition) is 6. The number of aromatic nitrogens is 1. The molecule has 8 heteroatoms. The molecule has 1 aromatic carbocycles. The smallest absolute Gasteiger partial charge is 0.355 e. The molecule has 2 rings (SSSR count). The highest BCUT2D eigenvalue weighted by Gasteiger charge is 2.24. The topological polar surface area (TPSA) is 107 Å². The number of hydrogen-bond donors (Lipinski definition) is 2. The van der Waals surface area contributed by atoms with E-state index >= 15 is 0 Å². The summed E-state index contributed by atoms with van der Waals surface area (Å²) in [5.74, 6) is -0.879. The molecule has 156 valence electrons. The Kier molecular flexibility index (Phi) is 7.82. The highest BCUT2D eigenvalue weighted by molar-refractivity contribution is 5.99. The van der Waals surface area contributed by atoms with Gasteiger partial charge in [-0.3, -0.25) is 4.79 Å². The summed E-state index contributed by atoms with van der Waals surface area (Å²) in [7, 11) is 1.59. The van der Waals surface area contributed by atoms with E-state index in [1.807, 2.05) is 24.3 Å². The van der Waals surface area contributed by atoms with Crippen LogP contribution in [0.4, 0.5) is 0 Å². The Morgan fingerprint density at radius 3 is 2.48 bits per heavy atom. The van der Waals surface area contributed by atoms with Crippen LogP contribution in [0, 0.1) is 13.8 Å². The first-order valence-corrected chi connectivity index (χ1v) is 9.31. The van der Waals surface area contributed by atoms with E-state index in [4.69, 9.17) is 14.2 Å². The number of ether oxygens (including phenoxy) is 3. The van der Waals surface area contributed by atoms with Crippen molar-refractivity contribution in [2.24, 2.45) is 0 Å². The monoisotopic (exact) mass is 402 g/mol. The Morgan fingerprint density at radius 2 is 1.79 bits per heavy atom. The van der Waals surface area contributed by atoms with Crippen molar-refractivity contribution >= 4 is 17.8 Å². The lowest BCUT2D eigenvalue weighted by atomic mass is 10.1. The summed E-state index contributed by atoms with van der Waals surface area (Å²) in [6, 6.07) is 7.54. The third-order valence-corrected chi connectivity index (χ3v) is 4.36. The number of aryl methyl sites for hydroxylation is 1. The molecular formula is C21H26N2O6. The number of amides is 1. The van der Waals surface area contributed by atoms with Gasteiger partial charge in [-0.25, -0.2) is 9.59 Å². The fraction of sp³-hybridized carbons (Fsp3) is 0.381. The Balaban J connectivity index is 1.86. The van der Waals surface area contributed by atoms with E-state index in [-0.39, 0.29) is 12.3 Å². The maximum atomic E-state index is 12.3. The zero-order valence-electron chi connectivity index (χ0n) is 17.1. The van der Waals surface area contributed by atoms with Crippen LogP contribution in [0.25, 0.3) is 0 Å². The first kappa shape index (κ1) is 22.0. The number of para-hydroxylation sites is 1. The minimum atomic E-state index is -0.707. The normalized spacial score (nSPS) is 10.3. The molecule has 8 nitrogen and oxygen atoms in total. The van der Waals surface area contributed by atoms with E-state index in [1.54, 1.807) is 27.9 Å². The second-order valence-electron chi connectivity index (χ2n) is 6.33. The van der Waals surface area contributed by atoms with Gasteiger partial charge >= 0.3 is 11.9 Å². The average molecular weight is 402 g/mol. The second-order valence-corrected chi connectivity index (χ2v) is 6.33. The van der Waals surface area contributed by atoms with Crippen LogP contribution in [0.15, 0.2) is 24.3 Å². The largest absolute Gasteiger partial charge is 0.496 e. The van der Waals surface area contributed by atoms with E-state index in [2.05, 4.69) is 10.3 Å². The molecule has 1 amide bonds. The number of H-pyrrole nitrogens is 1. The van der Waals surface area contributed by atoms with E-state index in [9.17, 15) is 14.4 Å². The highest BCUT2D eigenvalue weighted by Crippen LogP contribution is 2.20. The number of rotatable bonds is 9. The standard InChI is InChI=1S/C21H26N2O6/c1-5-28-20(25)18-13(2)19(23-14(18)3)21(26)29-12-17(24)22-11-10-15-8-6-7-9-16(15)27-4/h6-9,23H,5,10-12H2,1-4H3,(H,22,24). The molecule has 0 unspecified atom stereocenters. The third kappa shape index (κ3) is 5.60. The zero-order chi connectivity index (χ0) is 21.4. The fourth-order valence-electron chi connectivity index (χ4n) is 2.96. The SMILES string of the molecule is CCOC(=O)c1c(C)[nH]c(C(=O)OCC(=O)NCCc2ccccc2OC)c1C. The summed E-state index contributed by atoms with van der Waals surface area (Å²) in [5, 5.41) is 2.70. The summed E-state index contributed by atoms with van der Waals surface area (Å²) in [4.78, 5) is 39.1. The minimum Gasteiger partial charge on any atom is -0.496 e. The third-order valence-electron chi connectivity index (χ3n) is 4.36. The molecule has 1 aromatic heterocycles. The molecule has 0 atom stereocenters. The number of aromatic amines is 1. The number of benzene rings is 1. The molecular weight excluding hydrogens is 376 g/mol. The predicted molar refractivity (Wildman–Crippen MR) is 106 cm³/mol. The maximum absolute atomic E-state index is 12.3. The van der Waals surface area contributed by atoms with Crippen LogP contribution < -0.4 is 10.1 Å². The Morgan fingerprint density at radius 1 is 1.07 bits per heavy atom. The van der Waals surface area contributed by atoms with Gasteiger partial charge < -0.3 is 24.5 Å². The molecule has 29 heavy (non-hydrogen) atoms. The van der Waals surface area contributed by atoms with Crippen molar-refractivity contribution in [1.82, 2.24) is 10.3 Å². The van der Waals surface area contributed by atoms with E-state index < -0.39 is 24.5 Å². The average Bonchev–Trinajstić information content (AvgIpc) is 3.01. The molecule has 2 N–H and O–H groups in total. The Labute approximate surface area is 169 Å². The van der Waals surface area contributed by atoms with Gasteiger partial charge in [0.1, 0.15) is 11.4 Å². The van der Waals surface area contributed by atoms with Gasteiger partial charge in [-0.2, -0.15) is 0 Å². The molecule has 1 heterocycles. The minimum absolute atomic E-state index is 0.132. The van der Waals surface area contributed by atoms with Gasteiger partial charge in [0.2, 0.25) is 0 Å². The van der Waals surface area contributed by atoms with E-state index in [1.165, 1.54) is 0 Å². The van der Waals surface area contributed by atoms with Gasteiger partial charge in [0.25, 0.3) is 5.91 Å². The molecule has 0 aliphatic carbocycles. The summed E-state index contributed by atoms with van der Waals surface area (Å²) < 4.78 is 15.3. The van der Waals surface area contributed by atoms with Gasteiger partial charge in [0.05, 0.1) is 19.3 Å². The van der Waals surface area contributed by atoms with Crippen molar-refractivity contribution in [2.45, 2.75) is 27.2 Å². The first-order chi connectivity index (χ1) is 13.9. The van der Waals surface area contributed by atoms with Crippen LogP contribution >= 0.6 is 0 Å². The van der Waals surface area contributed by atoms with Gasteiger partial charge in [-0.1, -0.05) is 18.2 Å².